The lowest BCUT2D eigenvalue weighted by Crippen LogP contribution is -2.69. The van der Waals surface area contributed by atoms with Crippen molar-refractivity contribution in [2.24, 2.45) is 5.73 Å². The van der Waals surface area contributed by atoms with E-state index in [0.717, 1.165) is 0 Å². The summed E-state index contributed by atoms with van der Waals surface area (Å²) in [5.41, 5.74) is 5.15. The van der Waals surface area contributed by atoms with E-state index in [1.165, 1.54) is 0 Å². The number of hydrogen-bond donors (Lipinski definition) is 2. The zero-order chi connectivity index (χ0) is 9.52. The number of terminal acetylenes is 1. The smallest absolute Gasteiger partial charge is 0.317 e. The first-order valence-corrected chi connectivity index (χ1v) is 4.31. The summed E-state index contributed by atoms with van der Waals surface area (Å²) in [5.74, 6) is 1.09. The molecule has 3 N–H and O–H groups in total. The van der Waals surface area contributed by atoms with Gasteiger partial charge in [0.05, 0.1) is 0 Å². The van der Waals surface area contributed by atoms with Gasteiger partial charge in [-0.15, -0.1) is 6.42 Å². The van der Waals surface area contributed by atoms with Crippen molar-refractivity contribution in [2.75, 3.05) is 0 Å². The van der Waals surface area contributed by atoms with Crippen LogP contribution in [0, 0.1) is 12.3 Å². The first kappa shape index (κ1) is 8.99. The normalized spacial score (nSPS) is 29.4. The minimum absolute atomic E-state index is 0.178. The van der Waals surface area contributed by atoms with Gasteiger partial charge in [0.15, 0.2) is 0 Å². The maximum absolute atomic E-state index is 10.7. The summed E-state index contributed by atoms with van der Waals surface area (Å²) in [4.78, 5) is 10.7. The number of carbonyl (C=O) groups is 1. The van der Waals surface area contributed by atoms with Gasteiger partial charge in [0, 0.05) is 0 Å². The van der Waals surface area contributed by atoms with Crippen molar-refractivity contribution >= 4 is 16.2 Å². The fraction of sp³-hybridized carbons (Fsp3) is 0.400. The summed E-state index contributed by atoms with van der Waals surface area (Å²) >= 11 is 0. The average molecular weight is 190 g/mol. The summed E-state index contributed by atoms with van der Waals surface area (Å²) < 4.78 is 29.5. The molecule has 1 amide bonds. The van der Waals surface area contributed by atoms with Crippen LogP contribution >= 0.6 is 0 Å². The first-order chi connectivity index (χ1) is 5.39. The molecule has 0 aromatic heterocycles. The van der Waals surface area contributed by atoms with Crippen LogP contribution in [0.3, 0.4) is 0 Å². The van der Waals surface area contributed by atoms with E-state index in [0.29, 0.717) is 0 Å². The van der Waals surface area contributed by atoms with Gasteiger partial charge in [0.25, 0.3) is 5.91 Å². The zero-order valence-electron chi connectivity index (χ0n) is 5.84. The quantitative estimate of drug-likeness (QED) is 0.282. The molecule has 1 rings (SSSR count). The Labute approximate surface area is 69.2 Å². The molecule has 0 unspecified atom stereocenters. The van der Waals surface area contributed by atoms with E-state index in [9.17, 15) is 13.2 Å². The molecule has 66 valence electrons. The van der Waals surface area contributed by atoms with E-state index in [1.807, 2.05) is 5.92 Å². The van der Waals surface area contributed by atoms with Crippen molar-refractivity contribution in [3.05, 3.63) is 0 Å². The van der Waals surface area contributed by atoms with Crippen LogP contribution in [0.1, 0.15) is 0 Å². The van der Waals surface area contributed by atoms with Crippen LogP contribution in [-0.2, 0) is 15.1 Å². The van der Waals surface area contributed by atoms with Gasteiger partial charge in [-0.3, -0.25) is 9.35 Å². The van der Waals surface area contributed by atoms with Crippen molar-refractivity contribution in [3.8, 4) is 12.3 Å². The molecule has 0 saturated carbocycles. The summed E-state index contributed by atoms with van der Waals surface area (Å²) in [6, 6.07) is -2.09. The summed E-state index contributed by atoms with van der Waals surface area (Å²) in [5, 5.41) is 0. The highest BCUT2D eigenvalue weighted by atomic mass is 32.2. The third-order valence-corrected chi connectivity index (χ3v) is 2.42. The second-order valence-corrected chi connectivity index (χ2v) is 3.54. The summed E-state index contributed by atoms with van der Waals surface area (Å²) in [6.45, 7) is 0. The number of carbonyl (C=O) groups excluding carboxylic acids is 1. The lowest BCUT2D eigenvalue weighted by Gasteiger charge is -2.38. The third-order valence-electron chi connectivity index (χ3n) is 1.51. The lowest BCUT2D eigenvalue weighted by atomic mass is 10.0. The fourth-order valence-electron chi connectivity index (χ4n) is 0.911. The Morgan fingerprint density at radius 3 is 2.42 bits per heavy atom. The number of nitrogens with two attached hydrogens (primary N) is 1. The van der Waals surface area contributed by atoms with Crippen LogP contribution in [0.4, 0.5) is 0 Å². The maximum atomic E-state index is 10.7. The predicted molar refractivity (Wildman–Crippen MR) is 39.0 cm³/mol. The molecular formula is C5H6N2O4S. The Kier molecular flexibility index (Phi) is 1.83. The molecule has 0 aromatic rings. The maximum Gasteiger partial charge on any atom is 0.363 e. The highest BCUT2D eigenvalue weighted by molar-refractivity contribution is 7.84. The molecule has 0 aromatic carbocycles. The van der Waals surface area contributed by atoms with Crippen molar-refractivity contribution in [3.63, 3.8) is 0 Å². The predicted octanol–water partition coefficient (Wildman–Crippen LogP) is -2.04. The van der Waals surface area contributed by atoms with Gasteiger partial charge >= 0.3 is 10.3 Å². The van der Waals surface area contributed by atoms with Crippen molar-refractivity contribution < 1.29 is 17.8 Å². The highest BCUT2D eigenvalue weighted by Crippen LogP contribution is 2.20. The molecule has 0 bridgehead atoms. The molecule has 1 fully saturated rings. The SMILES string of the molecule is C#C[C@@H]1[C@H](N)C(=O)N1S(=O)(=O)O. The fourth-order valence-corrected chi connectivity index (χ4v) is 1.74. The number of β-lactam (4-membered cyclic amide) rings is 1. The topological polar surface area (TPSA) is 101 Å². The largest absolute Gasteiger partial charge is 0.363 e. The minimum Gasteiger partial charge on any atom is -0.317 e. The average Bonchev–Trinajstić information content (AvgIpc) is 1.95. The van der Waals surface area contributed by atoms with Crippen LogP contribution in [0.25, 0.3) is 0 Å². The molecule has 6 nitrogen and oxygen atoms in total. The molecule has 7 heteroatoms. The van der Waals surface area contributed by atoms with Crippen molar-refractivity contribution in [2.45, 2.75) is 12.1 Å². The second kappa shape index (κ2) is 2.45. The number of rotatable bonds is 1. The van der Waals surface area contributed by atoms with Crippen LogP contribution in [-0.4, -0.2) is 35.3 Å². The highest BCUT2D eigenvalue weighted by Gasteiger charge is 2.50. The van der Waals surface area contributed by atoms with Gasteiger partial charge in [-0.05, 0) is 0 Å². The second-order valence-electron chi connectivity index (χ2n) is 2.25. The number of hydrogen-bond acceptors (Lipinski definition) is 4. The molecule has 1 heterocycles. The van der Waals surface area contributed by atoms with E-state index in [1.54, 1.807) is 0 Å². The Morgan fingerprint density at radius 2 is 2.17 bits per heavy atom. The number of amides is 1. The van der Waals surface area contributed by atoms with Gasteiger partial charge in [0.2, 0.25) is 0 Å². The van der Waals surface area contributed by atoms with E-state index in [4.69, 9.17) is 16.7 Å². The lowest BCUT2D eigenvalue weighted by molar-refractivity contribution is -0.138. The molecule has 12 heavy (non-hydrogen) atoms. The van der Waals surface area contributed by atoms with E-state index < -0.39 is 28.3 Å². The Morgan fingerprint density at radius 1 is 1.67 bits per heavy atom. The van der Waals surface area contributed by atoms with Crippen LogP contribution < -0.4 is 5.73 Å². The monoisotopic (exact) mass is 190 g/mol. The van der Waals surface area contributed by atoms with Gasteiger partial charge in [-0.2, -0.15) is 12.7 Å². The zero-order valence-corrected chi connectivity index (χ0v) is 6.65. The van der Waals surface area contributed by atoms with Crippen molar-refractivity contribution in [1.29, 1.82) is 0 Å². The van der Waals surface area contributed by atoms with Crippen LogP contribution in [0.2, 0.25) is 0 Å². The molecule has 0 spiro atoms. The molecule has 0 radical (unpaired) electrons. The Bertz CT molecular complexity index is 354. The molecule has 2 atom stereocenters. The van der Waals surface area contributed by atoms with Crippen LogP contribution in [0.5, 0.6) is 0 Å². The molecule has 1 aliphatic rings. The Balaban J connectivity index is 2.98. The molecule has 1 saturated heterocycles. The van der Waals surface area contributed by atoms with Crippen LogP contribution in [0.15, 0.2) is 0 Å². The Hall–Kier alpha value is -1.10. The summed E-state index contributed by atoms with van der Waals surface area (Å²) in [6.07, 6.45) is 4.87. The van der Waals surface area contributed by atoms with Gasteiger partial charge in [0.1, 0.15) is 12.1 Å². The first-order valence-electron chi connectivity index (χ1n) is 2.92. The van der Waals surface area contributed by atoms with Gasteiger partial charge in [-0.1, -0.05) is 5.92 Å². The van der Waals surface area contributed by atoms with Gasteiger partial charge < -0.3 is 5.73 Å². The van der Waals surface area contributed by atoms with Gasteiger partial charge in [-0.25, -0.2) is 0 Å². The van der Waals surface area contributed by atoms with E-state index in [-0.39, 0.29) is 4.31 Å². The van der Waals surface area contributed by atoms with E-state index >= 15 is 0 Å². The number of nitrogens with zero attached hydrogens (tertiary/aromatic N) is 1. The van der Waals surface area contributed by atoms with E-state index in [2.05, 4.69) is 0 Å². The molecule has 1 aliphatic heterocycles. The standard InChI is InChI=1S/C5H6N2O4S/c1-2-3-4(6)5(8)7(3)12(9,10)11/h1,3-4H,6H2,(H,9,10,11)/t3-,4+/m1/s1. The molecule has 0 aliphatic carbocycles. The third kappa shape index (κ3) is 1.06. The molecular weight excluding hydrogens is 184 g/mol. The summed E-state index contributed by atoms with van der Waals surface area (Å²) in [7, 11) is -4.55. The minimum atomic E-state index is -4.55. The van der Waals surface area contributed by atoms with Crippen molar-refractivity contribution in [1.82, 2.24) is 4.31 Å².